The van der Waals surface area contributed by atoms with E-state index in [9.17, 15) is 4.79 Å². The van der Waals surface area contributed by atoms with Crippen molar-refractivity contribution in [3.63, 3.8) is 0 Å². The fourth-order valence-electron chi connectivity index (χ4n) is 2.72. The normalized spacial score (nSPS) is 10.9. The van der Waals surface area contributed by atoms with Crippen molar-refractivity contribution in [3.05, 3.63) is 54.1 Å². The minimum absolute atomic E-state index is 0.143. The SMILES string of the molecule is COc1ccc(-n2c(SCC(=O)OC(C)C)nnc2-c2cccc(C)c2)cc1. The molecule has 1 heterocycles. The zero-order valence-corrected chi connectivity index (χ0v) is 17.2. The first-order valence-electron chi connectivity index (χ1n) is 8.97. The number of rotatable bonds is 7. The summed E-state index contributed by atoms with van der Waals surface area (Å²) in [7, 11) is 1.63. The van der Waals surface area contributed by atoms with Crippen LogP contribution in [-0.4, -0.2) is 39.7 Å². The lowest BCUT2D eigenvalue weighted by molar-refractivity contribution is -0.144. The molecule has 0 saturated carbocycles. The molecule has 0 saturated heterocycles. The maximum absolute atomic E-state index is 12.0. The van der Waals surface area contributed by atoms with Crippen molar-refractivity contribution in [1.29, 1.82) is 0 Å². The number of hydrogen-bond acceptors (Lipinski definition) is 6. The van der Waals surface area contributed by atoms with Gasteiger partial charge in [0.1, 0.15) is 5.75 Å². The summed E-state index contributed by atoms with van der Waals surface area (Å²) in [5.74, 6) is 1.37. The summed E-state index contributed by atoms with van der Waals surface area (Å²) in [6.07, 6.45) is -0.143. The van der Waals surface area contributed by atoms with Gasteiger partial charge in [0.05, 0.1) is 19.0 Å². The molecule has 7 heteroatoms. The summed E-state index contributed by atoms with van der Waals surface area (Å²) in [4.78, 5) is 12.0. The Morgan fingerprint density at radius 2 is 1.89 bits per heavy atom. The predicted octanol–water partition coefficient (Wildman–Crippen LogP) is 4.30. The smallest absolute Gasteiger partial charge is 0.316 e. The van der Waals surface area contributed by atoms with E-state index in [1.807, 2.05) is 67.8 Å². The van der Waals surface area contributed by atoms with Gasteiger partial charge in [0.15, 0.2) is 11.0 Å². The topological polar surface area (TPSA) is 66.2 Å². The van der Waals surface area contributed by atoms with Gasteiger partial charge in [-0.15, -0.1) is 10.2 Å². The van der Waals surface area contributed by atoms with E-state index in [1.165, 1.54) is 11.8 Å². The highest BCUT2D eigenvalue weighted by atomic mass is 32.2. The third-order valence-corrected chi connectivity index (χ3v) is 4.83. The molecule has 146 valence electrons. The molecule has 0 bridgehead atoms. The molecule has 0 aliphatic rings. The molecule has 0 fully saturated rings. The summed E-state index contributed by atoms with van der Waals surface area (Å²) < 4.78 is 12.4. The van der Waals surface area contributed by atoms with E-state index in [0.717, 1.165) is 22.6 Å². The maximum Gasteiger partial charge on any atom is 0.316 e. The Bertz CT molecular complexity index is 952. The molecule has 1 aromatic heterocycles. The Balaban J connectivity index is 1.98. The minimum Gasteiger partial charge on any atom is -0.497 e. The molecule has 2 aromatic carbocycles. The molecule has 0 spiro atoms. The van der Waals surface area contributed by atoms with E-state index < -0.39 is 0 Å². The van der Waals surface area contributed by atoms with Crippen LogP contribution in [0.25, 0.3) is 17.1 Å². The largest absolute Gasteiger partial charge is 0.497 e. The van der Waals surface area contributed by atoms with E-state index in [0.29, 0.717) is 11.0 Å². The molecule has 0 unspecified atom stereocenters. The average Bonchev–Trinajstić information content (AvgIpc) is 3.10. The van der Waals surface area contributed by atoms with Crippen molar-refractivity contribution in [3.8, 4) is 22.8 Å². The molecule has 0 aliphatic carbocycles. The van der Waals surface area contributed by atoms with Crippen LogP contribution in [-0.2, 0) is 9.53 Å². The van der Waals surface area contributed by atoms with Gasteiger partial charge >= 0.3 is 5.97 Å². The first-order valence-corrected chi connectivity index (χ1v) is 9.95. The van der Waals surface area contributed by atoms with Gasteiger partial charge in [0.2, 0.25) is 0 Å². The summed E-state index contributed by atoms with van der Waals surface area (Å²) in [5, 5.41) is 9.35. The van der Waals surface area contributed by atoms with Crippen LogP contribution in [0.2, 0.25) is 0 Å². The molecule has 3 rings (SSSR count). The molecule has 0 radical (unpaired) electrons. The second-order valence-corrected chi connectivity index (χ2v) is 7.48. The fraction of sp³-hybridized carbons (Fsp3) is 0.286. The number of aromatic nitrogens is 3. The predicted molar refractivity (Wildman–Crippen MR) is 110 cm³/mol. The molecule has 0 atom stereocenters. The van der Waals surface area contributed by atoms with Crippen LogP contribution in [0.15, 0.2) is 53.7 Å². The third kappa shape index (κ3) is 4.72. The van der Waals surface area contributed by atoms with Gasteiger partial charge in [-0.1, -0.05) is 35.5 Å². The Labute approximate surface area is 168 Å². The number of methoxy groups -OCH3 is 1. The zero-order valence-electron chi connectivity index (χ0n) is 16.4. The van der Waals surface area contributed by atoms with Gasteiger partial charge in [0.25, 0.3) is 0 Å². The Morgan fingerprint density at radius 1 is 1.14 bits per heavy atom. The molecular formula is C21H23N3O3S. The summed E-state index contributed by atoms with van der Waals surface area (Å²) in [5.41, 5.74) is 2.98. The average molecular weight is 398 g/mol. The summed E-state index contributed by atoms with van der Waals surface area (Å²) in [6, 6.07) is 15.7. The Morgan fingerprint density at radius 3 is 2.54 bits per heavy atom. The molecule has 3 aromatic rings. The van der Waals surface area contributed by atoms with E-state index in [1.54, 1.807) is 7.11 Å². The van der Waals surface area contributed by atoms with Crippen molar-refractivity contribution >= 4 is 17.7 Å². The first-order chi connectivity index (χ1) is 13.5. The van der Waals surface area contributed by atoms with Crippen molar-refractivity contribution in [2.45, 2.75) is 32.0 Å². The number of nitrogens with zero attached hydrogens (tertiary/aromatic N) is 3. The zero-order chi connectivity index (χ0) is 20.1. The quantitative estimate of drug-likeness (QED) is 0.438. The van der Waals surface area contributed by atoms with Gasteiger partial charge in [-0.25, -0.2) is 0 Å². The minimum atomic E-state index is -0.276. The van der Waals surface area contributed by atoms with Crippen LogP contribution in [0.4, 0.5) is 0 Å². The highest BCUT2D eigenvalue weighted by Gasteiger charge is 2.18. The molecule has 28 heavy (non-hydrogen) atoms. The van der Waals surface area contributed by atoms with E-state index >= 15 is 0 Å². The number of hydrogen-bond donors (Lipinski definition) is 0. The summed E-state index contributed by atoms with van der Waals surface area (Å²) in [6.45, 7) is 5.70. The molecule has 6 nitrogen and oxygen atoms in total. The fourth-order valence-corrected chi connectivity index (χ4v) is 3.45. The lowest BCUT2D eigenvalue weighted by atomic mass is 10.1. The molecule has 0 amide bonds. The van der Waals surface area contributed by atoms with Crippen LogP contribution >= 0.6 is 11.8 Å². The van der Waals surface area contributed by atoms with Crippen molar-refractivity contribution in [2.24, 2.45) is 0 Å². The van der Waals surface area contributed by atoms with Crippen molar-refractivity contribution in [2.75, 3.05) is 12.9 Å². The molecule has 0 N–H and O–H groups in total. The monoisotopic (exact) mass is 397 g/mol. The highest BCUT2D eigenvalue weighted by molar-refractivity contribution is 7.99. The second-order valence-electron chi connectivity index (χ2n) is 6.54. The van der Waals surface area contributed by atoms with Crippen LogP contribution in [0.3, 0.4) is 0 Å². The standard InChI is InChI=1S/C21H23N3O3S/c1-14(2)27-19(25)13-28-21-23-22-20(16-7-5-6-15(3)12-16)24(21)17-8-10-18(26-4)11-9-17/h5-12,14H,13H2,1-4H3. The number of aryl methyl sites for hydroxylation is 1. The van der Waals surface area contributed by atoms with Crippen LogP contribution in [0.5, 0.6) is 5.75 Å². The molecular weight excluding hydrogens is 374 g/mol. The van der Waals surface area contributed by atoms with Crippen LogP contribution in [0.1, 0.15) is 19.4 Å². The Hall–Kier alpha value is -2.80. The van der Waals surface area contributed by atoms with E-state index in [2.05, 4.69) is 16.3 Å². The number of esters is 1. The number of carbonyl (C=O) groups is 1. The Kier molecular flexibility index (Phi) is 6.36. The van der Waals surface area contributed by atoms with Gasteiger partial charge in [-0.3, -0.25) is 9.36 Å². The van der Waals surface area contributed by atoms with E-state index in [4.69, 9.17) is 9.47 Å². The number of thioether (sulfide) groups is 1. The first kappa shape index (κ1) is 19.9. The van der Waals surface area contributed by atoms with Crippen LogP contribution in [0, 0.1) is 6.92 Å². The van der Waals surface area contributed by atoms with Gasteiger partial charge in [0, 0.05) is 11.3 Å². The highest BCUT2D eigenvalue weighted by Crippen LogP contribution is 2.29. The van der Waals surface area contributed by atoms with Crippen molar-refractivity contribution < 1.29 is 14.3 Å². The van der Waals surface area contributed by atoms with Crippen LogP contribution < -0.4 is 4.74 Å². The lowest BCUT2D eigenvalue weighted by Gasteiger charge is -2.12. The summed E-state index contributed by atoms with van der Waals surface area (Å²) >= 11 is 1.31. The number of carbonyl (C=O) groups excluding carboxylic acids is 1. The van der Waals surface area contributed by atoms with Gasteiger partial charge < -0.3 is 9.47 Å². The maximum atomic E-state index is 12.0. The van der Waals surface area contributed by atoms with Gasteiger partial charge in [-0.2, -0.15) is 0 Å². The lowest BCUT2D eigenvalue weighted by Crippen LogP contribution is -2.13. The van der Waals surface area contributed by atoms with E-state index in [-0.39, 0.29) is 17.8 Å². The molecule has 0 aliphatic heterocycles. The number of ether oxygens (including phenoxy) is 2. The second kappa shape index (κ2) is 8.93. The van der Waals surface area contributed by atoms with Crippen molar-refractivity contribution in [1.82, 2.24) is 14.8 Å². The number of benzene rings is 2. The van der Waals surface area contributed by atoms with Gasteiger partial charge in [-0.05, 0) is 51.1 Å². The third-order valence-electron chi connectivity index (χ3n) is 3.93.